The molecule has 3 nitrogen and oxygen atoms in total. The van der Waals surface area contributed by atoms with Crippen molar-refractivity contribution in [2.75, 3.05) is 0 Å². The molecule has 0 saturated carbocycles. The molecule has 1 fully saturated rings. The van der Waals surface area contributed by atoms with Gasteiger partial charge in [-0.1, -0.05) is 25.2 Å². The van der Waals surface area contributed by atoms with E-state index in [0.717, 1.165) is 25.7 Å². The number of carbonyl (C=O) groups is 1. The van der Waals surface area contributed by atoms with E-state index in [-0.39, 0.29) is 17.8 Å². The minimum absolute atomic E-state index is 0.0311. The summed E-state index contributed by atoms with van der Waals surface area (Å²) >= 11 is 0. The van der Waals surface area contributed by atoms with E-state index in [1.165, 1.54) is 5.57 Å². The molecule has 1 aliphatic heterocycles. The third kappa shape index (κ3) is 2.51. The van der Waals surface area contributed by atoms with Gasteiger partial charge in [0.15, 0.2) is 0 Å². The standard InChI is InChI=1S/C15H22O3/c1-9-5-4-6-10(2)13(16)14-12(8-7-9)11(3)15(17)18-14/h5,10,12-14,16H,3-4,6-8H2,1-2H3/b9-5+/t10-,12-,13+,14-/m0/s1. The lowest BCUT2D eigenvalue weighted by Crippen LogP contribution is -2.36. The van der Waals surface area contributed by atoms with E-state index in [2.05, 4.69) is 19.6 Å². The molecule has 0 unspecified atom stereocenters. The van der Waals surface area contributed by atoms with Crippen molar-refractivity contribution in [2.45, 2.75) is 51.7 Å². The van der Waals surface area contributed by atoms with Crippen LogP contribution >= 0.6 is 0 Å². The normalized spacial score (nSPS) is 40.7. The summed E-state index contributed by atoms with van der Waals surface area (Å²) in [6.07, 6.45) is 4.95. The summed E-state index contributed by atoms with van der Waals surface area (Å²) in [6.45, 7) is 7.96. The monoisotopic (exact) mass is 250 g/mol. The first kappa shape index (κ1) is 13.3. The van der Waals surface area contributed by atoms with E-state index in [4.69, 9.17) is 4.74 Å². The van der Waals surface area contributed by atoms with E-state index in [9.17, 15) is 9.90 Å². The first-order valence-corrected chi connectivity index (χ1v) is 6.74. The minimum atomic E-state index is -0.579. The SMILES string of the molecule is C=C1C(=O)O[C@@H]2[C@H](O)[C@@H](C)CC/C=C(\C)CC[C@@H]12. The summed E-state index contributed by atoms with van der Waals surface area (Å²) in [6, 6.07) is 0. The first-order chi connectivity index (χ1) is 8.50. The molecule has 0 spiro atoms. The van der Waals surface area contributed by atoms with Crippen LogP contribution in [0.3, 0.4) is 0 Å². The molecule has 100 valence electrons. The minimum Gasteiger partial charge on any atom is -0.456 e. The van der Waals surface area contributed by atoms with Crippen LogP contribution in [0, 0.1) is 11.8 Å². The Kier molecular flexibility index (Phi) is 3.91. The molecule has 1 aliphatic carbocycles. The summed E-state index contributed by atoms with van der Waals surface area (Å²) in [5, 5.41) is 10.3. The van der Waals surface area contributed by atoms with Gasteiger partial charge in [0.25, 0.3) is 0 Å². The molecule has 1 heterocycles. The van der Waals surface area contributed by atoms with Gasteiger partial charge in [0.2, 0.25) is 0 Å². The van der Waals surface area contributed by atoms with E-state index in [0.29, 0.717) is 5.57 Å². The van der Waals surface area contributed by atoms with Crippen molar-refractivity contribution in [1.82, 2.24) is 0 Å². The zero-order chi connectivity index (χ0) is 13.3. The van der Waals surface area contributed by atoms with Crippen LogP contribution in [0.25, 0.3) is 0 Å². The van der Waals surface area contributed by atoms with E-state index in [1.807, 2.05) is 6.92 Å². The van der Waals surface area contributed by atoms with Gasteiger partial charge in [0.05, 0.1) is 6.10 Å². The Hall–Kier alpha value is -1.09. The molecule has 0 aromatic rings. The van der Waals surface area contributed by atoms with Crippen LogP contribution in [0.1, 0.15) is 39.5 Å². The van der Waals surface area contributed by atoms with Crippen LogP contribution in [0.2, 0.25) is 0 Å². The summed E-state index contributed by atoms with van der Waals surface area (Å²) in [5.41, 5.74) is 1.88. The average molecular weight is 250 g/mol. The van der Waals surface area contributed by atoms with Crippen molar-refractivity contribution in [3.63, 3.8) is 0 Å². The highest BCUT2D eigenvalue weighted by Gasteiger charge is 2.43. The van der Waals surface area contributed by atoms with Crippen LogP contribution < -0.4 is 0 Å². The third-order valence-electron chi connectivity index (χ3n) is 4.23. The molecule has 2 aliphatic rings. The zero-order valence-electron chi connectivity index (χ0n) is 11.2. The highest BCUT2D eigenvalue weighted by atomic mass is 16.6. The maximum absolute atomic E-state index is 11.6. The Labute approximate surface area is 109 Å². The Morgan fingerprint density at radius 1 is 1.44 bits per heavy atom. The summed E-state index contributed by atoms with van der Waals surface area (Å²) in [5.74, 6) is -0.230. The Morgan fingerprint density at radius 2 is 2.17 bits per heavy atom. The fourth-order valence-corrected chi connectivity index (χ4v) is 2.85. The molecule has 2 rings (SSSR count). The van der Waals surface area contributed by atoms with Gasteiger partial charge < -0.3 is 9.84 Å². The summed E-state index contributed by atoms with van der Waals surface area (Å²) in [4.78, 5) is 11.6. The fourth-order valence-electron chi connectivity index (χ4n) is 2.85. The number of esters is 1. The summed E-state index contributed by atoms with van der Waals surface area (Å²) in [7, 11) is 0. The Balaban J connectivity index is 2.23. The number of hydrogen-bond donors (Lipinski definition) is 1. The zero-order valence-corrected chi connectivity index (χ0v) is 11.2. The molecule has 0 aromatic heterocycles. The predicted molar refractivity (Wildman–Crippen MR) is 69.9 cm³/mol. The van der Waals surface area contributed by atoms with Crippen LogP contribution in [-0.4, -0.2) is 23.3 Å². The molecule has 0 bridgehead atoms. The Bertz CT molecular complexity index is 383. The molecular weight excluding hydrogens is 228 g/mol. The van der Waals surface area contributed by atoms with Gasteiger partial charge in [0.1, 0.15) is 6.10 Å². The number of fused-ring (bicyclic) bond motifs is 1. The quantitative estimate of drug-likeness (QED) is 0.408. The molecule has 1 saturated heterocycles. The van der Waals surface area contributed by atoms with Crippen molar-refractivity contribution in [3.05, 3.63) is 23.8 Å². The maximum atomic E-state index is 11.6. The molecular formula is C15H22O3. The van der Waals surface area contributed by atoms with Crippen molar-refractivity contribution in [1.29, 1.82) is 0 Å². The van der Waals surface area contributed by atoms with Gasteiger partial charge in [-0.25, -0.2) is 4.79 Å². The largest absolute Gasteiger partial charge is 0.456 e. The first-order valence-electron chi connectivity index (χ1n) is 6.74. The molecule has 0 radical (unpaired) electrons. The number of allylic oxidation sites excluding steroid dienone is 2. The number of ether oxygens (including phenoxy) is 1. The van der Waals surface area contributed by atoms with Crippen molar-refractivity contribution >= 4 is 5.97 Å². The van der Waals surface area contributed by atoms with E-state index < -0.39 is 12.2 Å². The highest BCUT2D eigenvalue weighted by molar-refractivity contribution is 5.90. The van der Waals surface area contributed by atoms with Gasteiger partial charge in [-0.2, -0.15) is 0 Å². The van der Waals surface area contributed by atoms with Gasteiger partial charge in [-0.15, -0.1) is 0 Å². The second-order valence-electron chi connectivity index (χ2n) is 5.64. The second-order valence-corrected chi connectivity index (χ2v) is 5.64. The van der Waals surface area contributed by atoms with Gasteiger partial charge >= 0.3 is 5.97 Å². The lowest BCUT2D eigenvalue weighted by atomic mass is 9.82. The summed E-state index contributed by atoms with van der Waals surface area (Å²) < 4.78 is 5.32. The average Bonchev–Trinajstić information content (AvgIpc) is 2.61. The Morgan fingerprint density at radius 3 is 2.89 bits per heavy atom. The molecule has 3 heteroatoms. The number of aliphatic hydroxyl groups is 1. The van der Waals surface area contributed by atoms with E-state index >= 15 is 0 Å². The van der Waals surface area contributed by atoms with Crippen LogP contribution in [-0.2, 0) is 9.53 Å². The van der Waals surface area contributed by atoms with E-state index in [1.54, 1.807) is 0 Å². The molecule has 0 amide bonds. The smallest absolute Gasteiger partial charge is 0.334 e. The highest BCUT2D eigenvalue weighted by Crippen LogP contribution is 2.36. The number of aliphatic hydroxyl groups excluding tert-OH is 1. The molecule has 4 atom stereocenters. The topological polar surface area (TPSA) is 46.5 Å². The number of carbonyl (C=O) groups excluding carboxylic acids is 1. The van der Waals surface area contributed by atoms with Crippen molar-refractivity contribution in [3.8, 4) is 0 Å². The van der Waals surface area contributed by atoms with Crippen LogP contribution in [0.15, 0.2) is 23.8 Å². The van der Waals surface area contributed by atoms with Crippen LogP contribution in [0.4, 0.5) is 0 Å². The second kappa shape index (κ2) is 5.27. The van der Waals surface area contributed by atoms with Gasteiger partial charge in [0, 0.05) is 11.5 Å². The van der Waals surface area contributed by atoms with Crippen LogP contribution in [0.5, 0.6) is 0 Å². The van der Waals surface area contributed by atoms with Crippen molar-refractivity contribution in [2.24, 2.45) is 11.8 Å². The maximum Gasteiger partial charge on any atom is 0.334 e. The lowest BCUT2D eigenvalue weighted by Gasteiger charge is -2.28. The predicted octanol–water partition coefficient (Wildman–Crippen LogP) is 2.60. The van der Waals surface area contributed by atoms with Gasteiger partial charge in [-0.05, 0) is 38.5 Å². The third-order valence-corrected chi connectivity index (χ3v) is 4.23. The lowest BCUT2D eigenvalue weighted by molar-refractivity contribution is -0.146. The molecule has 18 heavy (non-hydrogen) atoms. The number of hydrogen-bond acceptors (Lipinski definition) is 3. The van der Waals surface area contributed by atoms with Gasteiger partial charge in [-0.3, -0.25) is 0 Å². The molecule has 0 aromatic carbocycles. The fraction of sp³-hybridized carbons (Fsp3) is 0.667. The number of rotatable bonds is 0. The molecule has 1 N–H and O–H groups in total. The van der Waals surface area contributed by atoms with Crippen molar-refractivity contribution < 1.29 is 14.6 Å².